The summed E-state index contributed by atoms with van der Waals surface area (Å²) in [5.74, 6) is -2.29. The molecular weight excluding hydrogens is 263 g/mol. The zero-order chi connectivity index (χ0) is 13.9. The van der Waals surface area contributed by atoms with Gasteiger partial charge in [0.2, 0.25) is 10.0 Å². The summed E-state index contributed by atoms with van der Waals surface area (Å²) in [5.41, 5.74) is 4.61. The van der Waals surface area contributed by atoms with E-state index < -0.39 is 32.3 Å². The Labute approximate surface area is 104 Å². The van der Waals surface area contributed by atoms with Crippen molar-refractivity contribution in [2.45, 2.75) is 11.8 Å². The van der Waals surface area contributed by atoms with Crippen molar-refractivity contribution >= 4 is 16.0 Å². The summed E-state index contributed by atoms with van der Waals surface area (Å²) < 4.78 is 39.2. The number of aromatic carboxylic acids is 1. The topological polar surface area (TPSA) is 109 Å². The number of hydrogen-bond donors (Lipinski definition) is 3. The number of rotatable bonds is 5. The Bertz CT molecular complexity index is 571. The molecule has 0 aliphatic rings. The summed E-state index contributed by atoms with van der Waals surface area (Å²) in [4.78, 5) is 10.4. The van der Waals surface area contributed by atoms with Crippen molar-refractivity contribution in [1.82, 2.24) is 4.72 Å². The van der Waals surface area contributed by atoms with E-state index in [1.165, 1.54) is 6.92 Å². The van der Waals surface area contributed by atoms with Crippen LogP contribution in [0.2, 0.25) is 0 Å². The van der Waals surface area contributed by atoms with Crippen LogP contribution < -0.4 is 10.5 Å². The van der Waals surface area contributed by atoms with Crippen molar-refractivity contribution in [3.63, 3.8) is 0 Å². The molecule has 4 N–H and O–H groups in total. The van der Waals surface area contributed by atoms with Gasteiger partial charge in [0.15, 0.2) is 0 Å². The normalized spacial score (nSPS) is 11.5. The molecule has 6 nitrogen and oxygen atoms in total. The molecule has 0 saturated heterocycles. The highest BCUT2D eigenvalue weighted by atomic mass is 32.2. The minimum absolute atomic E-state index is 0.0132. The van der Waals surface area contributed by atoms with E-state index in [9.17, 15) is 17.6 Å². The third kappa shape index (κ3) is 3.03. The third-order valence-electron chi connectivity index (χ3n) is 2.27. The molecule has 0 atom stereocenters. The Morgan fingerprint density at radius 1 is 1.50 bits per heavy atom. The fraction of sp³-hybridized carbons (Fsp3) is 0.300. The molecule has 1 aromatic carbocycles. The van der Waals surface area contributed by atoms with E-state index >= 15 is 0 Å². The molecule has 100 valence electrons. The number of carboxylic acid groups (broad SMARTS) is 1. The van der Waals surface area contributed by atoms with E-state index in [2.05, 4.69) is 4.72 Å². The van der Waals surface area contributed by atoms with Crippen molar-refractivity contribution < 1.29 is 22.7 Å². The van der Waals surface area contributed by atoms with Crippen LogP contribution in [0.3, 0.4) is 0 Å². The fourth-order valence-corrected chi connectivity index (χ4v) is 2.65. The average Bonchev–Trinajstić information content (AvgIpc) is 2.29. The number of benzene rings is 1. The van der Waals surface area contributed by atoms with Crippen molar-refractivity contribution in [2.75, 3.05) is 13.1 Å². The van der Waals surface area contributed by atoms with E-state index in [4.69, 9.17) is 10.8 Å². The van der Waals surface area contributed by atoms with Crippen molar-refractivity contribution in [2.24, 2.45) is 5.73 Å². The molecule has 0 bridgehead atoms. The lowest BCUT2D eigenvalue weighted by molar-refractivity contribution is 0.0696. The van der Waals surface area contributed by atoms with E-state index in [1.807, 2.05) is 0 Å². The maximum absolute atomic E-state index is 13.5. The molecule has 0 saturated carbocycles. The van der Waals surface area contributed by atoms with E-state index in [0.29, 0.717) is 0 Å². The second-order valence-corrected chi connectivity index (χ2v) is 5.31. The molecule has 18 heavy (non-hydrogen) atoms. The minimum Gasteiger partial charge on any atom is -0.478 e. The molecule has 8 heteroatoms. The summed E-state index contributed by atoms with van der Waals surface area (Å²) in [5, 5.41) is 8.76. The number of carbonyl (C=O) groups is 1. The zero-order valence-corrected chi connectivity index (χ0v) is 10.4. The van der Waals surface area contributed by atoms with Crippen LogP contribution >= 0.6 is 0 Å². The summed E-state index contributed by atoms with van der Waals surface area (Å²) >= 11 is 0. The average molecular weight is 276 g/mol. The lowest BCUT2D eigenvalue weighted by Crippen LogP contribution is -2.30. The summed E-state index contributed by atoms with van der Waals surface area (Å²) in [6.45, 7) is 1.33. The monoisotopic (exact) mass is 276 g/mol. The van der Waals surface area contributed by atoms with Gasteiger partial charge >= 0.3 is 5.97 Å². The molecule has 0 aromatic heterocycles. The Morgan fingerprint density at radius 2 is 2.11 bits per heavy atom. The van der Waals surface area contributed by atoms with Crippen molar-refractivity contribution in [1.29, 1.82) is 0 Å². The van der Waals surface area contributed by atoms with Crippen LogP contribution in [0.5, 0.6) is 0 Å². The maximum Gasteiger partial charge on any atom is 0.335 e. The fourth-order valence-electron chi connectivity index (χ4n) is 1.33. The Kier molecular flexibility index (Phi) is 4.38. The predicted molar refractivity (Wildman–Crippen MR) is 62.3 cm³/mol. The number of nitrogens with two attached hydrogens (primary N) is 1. The molecule has 0 radical (unpaired) electrons. The van der Waals surface area contributed by atoms with Crippen LogP contribution in [0, 0.1) is 12.7 Å². The Hall–Kier alpha value is -1.51. The van der Waals surface area contributed by atoms with Gasteiger partial charge in [-0.05, 0) is 19.1 Å². The van der Waals surface area contributed by atoms with Crippen LogP contribution in [-0.2, 0) is 10.0 Å². The molecule has 1 rings (SSSR count). The molecule has 0 fully saturated rings. The number of nitrogens with one attached hydrogen (secondary N) is 1. The highest BCUT2D eigenvalue weighted by Gasteiger charge is 2.21. The molecular formula is C10H13FN2O4S. The summed E-state index contributed by atoms with van der Waals surface area (Å²) in [6, 6.07) is 1.69. The maximum atomic E-state index is 13.5. The second-order valence-electron chi connectivity index (χ2n) is 3.57. The van der Waals surface area contributed by atoms with Crippen LogP contribution in [0.1, 0.15) is 15.9 Å². The lowest BCUT2D eigenvalue weighted by Gasteiger charge is -2.10. The standard InChI is InChI=1S/C10H13FN2O4S/c1-6-8(11)4-7(10(14)15)5-9(6)18(16,17)13-3-2-12/h4-5,13H,2-3,12H2,1H3,(H,14,15). The van der Waals surface area contributed by atoms with Crippen LogP contribution in [0.4, 0.5) is 4.39 Å². The first-order valence-electron chi connectivity index (χ1n) is 5.02. The first kappa shape index (κ1) is 14.6. The van der Waals surface area contributed by atoms with Gasteiger partial charge in [-0.2, -0.15) is 0 Å². The smallest absolute Gasteiger partial charge is 0.335 e. The van der Waals surface area contributed by atoms with Gasteiger partial charge in [-0.25, -0.2) is 22.3 Å². The Balaban J connectivity index is 3.35. The zero-order valence-electron chi connectivity index (χ0n) is 9.60. The third-order valence-corrected chi connectivity index (χ3v) is 3.86. The largest absolute Gasteiger partial charge is 0.478 e. The van der Waals surface area contributed by atoms with Crippen molar-refractivity contribution in [3.8, 4) is 0 Å². The number of hydrogen-bond acceptors (Lipinski definition) is 4. The van der Waals surface area contributed by atoms with Gasteiger partial charge in [-0.15, -0.1) is 0 Å². The molecule has 0 aliphatic carbocycles. The van der Waals surface area contributed by atoms with Crippen LogP contribution in [0.15, 0.2) is 17.0 Å². The molecule has 0 amide bonds. The first-order chi connectivity index (χ1) is 8.29. The molecule has 0 aliphatic heterocycles. The van der Waals surface area contributed by atoms with Gasteiger partial charge in [0.1, 0.15) is 5.82 Å². The van der Waals surface area contributed by atoms with Gasteiger partial charge < -0.3 is 10.8 Å². The highest BCUT2D eigenvalue weighted by molar-refractivity contribution is 7.89. The highest BCUT2D eigenvalue weighted by Crippen LogP contribution is 2.20. The first-order valence-corrected chi connectivity index (χ1v) is 6.51. The minimum atomic E-state index is -3.96. The molecule has 0 unspecified atom stereocenters. The Morgan fingerprint density at radius 3 is 2.61 bits per heavy atom. The van der Waals surface area contributed by atoms with Gasteiger partial charge in [-0.1, -0.05) is 0 Å². The SMILES string of the molecule is Cc1c(F)cc(C(=O)O)cc1S(=O)(=O)NCCN. The van der Waals surface area contributed by atoms with Gasteiger partial charge in [0.25, 0.3) is 0 Å². The molecule has 0 spiro atoms. The molecule has 0 heterocycles. The predicted octanol–water partition coefficient (Wildman–Crippen LogP) is 0.0693. The number of halogens is 1. The second kappa shape index (κ2) is 5.42. The van der Waals surface area contributed by atoms with E-state index in [-0.39, 0.29) is 18.7 Å². The van der Waals surface area contributed by atoms with Gasteiger partial charge in [0.05, 0.1) is 10.5 Å². The van der Waals surface area contributed by atoms with Crippen molar-refractivity contribution in [3.05, 3.63) is 29.1 Å². The molecule has 1 aromatic rings. The van der Waals surface area contributed by atoms with E-state index in [1.54, 1.807) is 0 Å². The van der Waals surface area contributed by atoms with E-state index in [0.717, 1.165) is 12.1 Å². The number of sulfonamides is 1. The quantitative estimate of drug-likeness (QED) is 0.705. The van der Waals surface area contributed by atoms with Crippen LogP contribution in [-0.4, -0.2) is 32.6 Å². The van der Waals surface area contributed by atoms with Crippen LogP contribution in [0.25, 0.3) is 0 Å². The van der Waals surface area contributed by atoms with Gasteiger partial charge in [0, 0.05) is 18.7 Å². The summed E-state index contributed by atoms with van der Waals surface area (Å²) in [6.07, 6.45) is 0. The number of carboxylic acids is 1. The summed E-state index contributed by atoms with van der Waals surface area (Å²) in [7, 11) is -3.96. The van der Waals surface area contributed by atoms with Gasteiger partial charge in [-0.3, -0.25) is 0 Å². The lowest BCUT2D eigenvalue weighted by atomic mass is 10.1.